The molecule has 0 radical (unpaired) electrons. The van der Waals surface area contributed by atoms with Crippen LogP contribution in [0.5, 0.6) is 5.75 Å². The number of alkyl halides is 2. The lowest BCUT2D eigenvalue weighted by molar-refractivity contribution is -0.122. The first-order valence-corrected chi connectivity index (χ1v) is 6.93. The van der Waals surface area contributed by atoms with Crippen LogP contribution >= 0.6 is 11.3 Å². The summed E-state index contributed by atoms with van der Waals surface area (Å²) in [6.45, 7) is 3.50. The number of ether oxygens (including phenoxy) is 1. The van der Waals surface area contributed by atoms with Crippen molar-refractivity contribution in [3.63, 3.8) is 0 Å². The van der Waals surface area contributed by atoms with Gasteiger partial charge in [0.2, 0.25) is 5.13 Å². The van der Waals surface area contributed by atoms with Gasteiger partial charge >= 0.3 is 0 Å². The Hall–Kier alpha value is -2.09. The number of aryl methyl sites for hydroxylation is 1. The van der Waals surface area contributed by atoms with E-state index in [-0.39, 0.29) is 5.13 Å². The number of aromatic nitrogens is 2. The lowest BCUT2D eigenvalue weighted by Gasteiger charge is -2.13. The van der Waals surface area contributed by atoms with Crippen molar-refractivity contribution in [2.24, 2.45) is 0 Å². The first kappa shape index (κ1) is 15.3. The fourth-order valence-corrected chi connectivity index (χ4v) is 2.06. The van der Waals surface area contributed by atoms with Gasteiger partial charge in [0.05, 0.1) is 0 Å². The molecule has 2 rings (SSSR count). The molecule has 1 aromatic heterocycles. The number of carbonyl (C=O) groups is 1. The molecular formula is C13H13F2N3O2S. The lowest BCUT2D eigenvalue weighted by Crippen LogP contribution is -2.30. The third-order valence-corrected chi connectivity index (χ3v) is 3.41. The quantitative estimate of drug-likeness (QED) is 0.920. The van der Waals surface area contributed by atoms with Gasteiger partial charge in [-0.05, 0) is 26.0 Å². The standard InChI is InChI=1S/C13H13F2N3O2S/c1-7-3-5-9(6-4-7)20-8(2)11(19)16-13-18-17-12(21-13)10(14)15/h3-6,8,10H,1-2H3,(H,16,18,19). The van der Waals surface area contributed by atoms with Crippen molar-refractivity contribution in [2.75, 3.05) is 5.32 Å². The van der Waals surface area contributed by atoms with Crippen LogP contribution in [0.3, 0.4) is 0 Å². The zero-order valence-corrected chi connectivity index (χ0v) is 12.2. The van der Waals surface area contributed by atoms with Crippen LogP contribution < -0.4 is 10.1 Å². The van der Waals surface area contributed by atoms with E-state index in [0.29, 0.717) is 17.1 Å². The lowest BCUT2D eigenvalue weighted by atomic mass is 10.2. The summed E-state index contributed by atoms with van der Waals surface area (Å²) in [5.41, 5.74) is 1.08. The Labute approximate surface area is 124 Å². The van der Waals surface area contributed by atoms with E-state index in [1.54, 1.807) is 19.1 Å². The minimum Gasteiger partial charge on any atom is -0.481 e. The molecule has 1 atom stereocenters. The summed E-state index contributed by atoms with van der Waals surface area (Å²) >= 11 is 0.635. The summed E-state index contributed by atoms with van der Waals surface area (Å²) in [4.78, 5) is 11.9. The molecule has 0 saturated heterocycles. The first-order valence-electron chi connectivity index (χ1n) is 6.11. The highest BCUT2D eigenvalue weighted by Gasteiger charge is 2.19. The van der Waals surface area contributed by atoms with Gasteiger partial charge < -0.3 is 4.74 Å². The topological polar surface area (TPSA) is 64.1 Å². The molecule has 0 aliphatic heterocycles. The van der Waals surface area contributed by atoms with Crippen molar-refractivity contribution in [2.45, 2.75) is 26.4 Å². The molecule has 21 heavy (non-hydrogen) atoms. The molecule has 0 spiro atoms. The number of benzene rings is 1. The fourth-order valence-electron chi connectivity index (χ4n) is 1.45. The maximum absolute atomic E-state index is 12.4. The van der Waals surface area contributed by atoms with Gasteiger partial charge in [-0.3, -0.25) is 10.1 Å². The highest BCUT2D eigenvalue weighted by molar-refractivity contribution is 7.15. The van der Waals surface area contributed by atoms with Crippen molar-refractivity contribution in [1.82, 2.24) is 10.2 Å². The van der Waals surface area contributed by atoms with Gasteiger partial charge in [-0.25, -0.2) is 8.78 Å². The second-order valence-electron chi connectivity index (χ2n) is 4.31. The molecule has 112 valence electrons. The zero-order valence-electron chi connectivity index (χ0n) is 11.3. The van der Waals surface area contributed by atoms with Crippen molar-refractivity contribution in [3.8, 4) is 5.75 Å². The molecule has 0 saturated carbocycles. The van der Waals surface area contributed by atoms with E-state index >= 15 is 0 Å². The summed E-state index contributed by atoms with van der Waals surface area (Å²) in [6, 6.07) is 7.22. The Morgan fingerprint density at radius 1 is 1.29 bits per heavy atom. The van der Waals surface area contributed by atoms with Gasteiger partial charge in [-0.2, -0.15) is 0 Å². The predicted molar refractivity (Wildman–Crippen MR) is 74.8 cm³/mol. The van der Waals surface area contributed by atoms with Crippen LogP contribution in [0.15, 0.2) is 24.3 Å². The predicted octanol–water partition coefficient (Wildman–Crippen LogP) is 3.19. The number of hydrogen-bond donors (Lipinski definition) is 1. The Kier molecular flexibility index (Phi) is 4.79. The SMILES string of the molecule is Cc1ccc(OC(C)C(=O)Nc2nnc(C(F)F)s2)cc1. The number of hydrogen-bond acceptors (Lipinski definition) is 5. The number of nitrogens with one attached hydrogen (secondary N) is 1. The number of halogens is 2. The van der Waals surface area contributed by atoms with E-state index in [0.717, 1.165) is 5.56 Å². The Morgan fingerprint density at radius 3 is 2.52 bits per heavy atom. The maximum Gasteiger partial charge on any atom is 0.291 e. The van der Waals surface area contributed by atoms with Crippen LogP contribution in [0, 0.1) is 6.92 Å². The van der Waals surface area contributed by atoms with Gasteiger partial charge in [0.25, 0.3) is 12.3 Å². The number of carbonyl (C=O) groups excluding carboxylic acids is 1. The Balaban J connectivity index is 1.94. The zero-order chi connectivity index (χ0) is 15.4. The number of nitrogens with zero attached hydrogens (tertiary/aromatic N) is 2. The molecule has 0 fully saturated rings. The van der Waals surface area contributed by atoms with E-state index in [2.05, 4.69) is 15.5 Å². The summed E-state index contributed by atoms with van der Waals surface area (Å²) in [6.07, 6.45) is -3.49. The fraction of sp³-hybridized carbons (Fsp3) is 0.308. The summed E-state index contributed by atoms with van der Waals surface area (Å²) in [5.74, 6) is 0.0707. The van der Waals surface area contributed by atoms with Crippen molar-refractivity contribution in [3.05, 3.63) is 34.8 Å². The van der Waals surface area contributed by atoms with Crippen LogP contribution in [0.4, 0.5) is 13.9 Å². The van der Waals surface area contributed by atoms with Crippen LogP contribution in [-0.2, 0) is 4.79 Å². The molecule has 5 nitrogen and oxygen atoms in total. The second kappa shape index (κ2) is 6.57. The average molecular weight is 313 g/mol. The van der Waals surface area contributed by atoms with Gasteiger partial charge in [0, 0.05) is 0 Å². The molecule has 0 bridgehead atoms. The third-order valence-electron chi connectivity index (χ3n) is 2.56. The normalized spacial score (nSPS) is 12.2. The van der Waals surface area contributed by atoms with Gasteiger partial charge in [-0.15, -0.1) is 10.2 Å². The minimum atomic E-state index is -2.70. The Bertz CT molecular complexity index is 616. The van der Waals surface area contributed by atoms with Crippen LogP contribution in [0.25, 0.3) is 0 Å². The maximum atomic E-state index is 12.4. The molecule has 2 aromatic rings. The van der Waals surface area contributed by atoms with E-state index in [9.17, 15) is 13.6 Å². The Morgan fingerprint density at radius 2 is 1.95 bits per heavy atom. The molecule has 1 unspecified atom stereocenters. The van der Waals surface area contributed by atoms with Crippen molar-refractivity contribution in [1.29, 1.82) is 0 Å². The first-order chi connectivity index (χ1) is 9.95. The molecule has 1 N–H and O–H groups in total. The van der Waals surface area contributed by atoms with E-state index in [4.69, 9.17) is 4.74 Å². The van der Waals surface area contributed by atoms with Crippen LogP contribution in [-0.4, -0.2) is 22.2 Å². The molecular weight excluding hydrogens is 300 g/mol. The summed E-state index contributed by atoms with van der Waals surface area (Å²) < 4.78 is 30.2. The largest absolute Gasteiger partial charge is 0.481 e. The van der Waals surface area contributed by atoms with Gasteiger partial charge in [0.15, 0.2) is 11.1 Å². The van der Waals surface area contributed by atoms with Crippen LogP contribution in [0.2, 0.25) is 0 Å². The second-order valence-corrected chi connectivity index (χ2v) is 5.32. The molecule has 0 aliphatic rings. The third kappa shape index (κ3) is 4.19. The highest BCUT2D eigenvalue weighted by atomic mass is 32.1. The minimum absolute atomic E-state index is 0.0228. The van der Waals surface area contributed by atoms with Crippen molar-refractivity contribution >= 4 is 22.4 Å². The highest BCUT2D eigenvalue weighted by Crippen LogP contribution is 2.25. The summed E-state index contributed by atoms with van der Waals surface area (Å²) in [7, 11) is 0. The summed E-state index contributed by atoms with van der Waals surface area (Å²) in [5, 5.41) is 8.75. The smallest absolute Gasteiger partial charge is 0.291 e. The monoisotopic (exact) mass is 313 g/mol. The molecule has 1 heterocycles. The average Bonchev–Trinajstić information content (AvgIpc) is 2.90. The van der Waals surface area contributed by atoms with Gasteiger partial charge in [-0.1, -0.05) is 29.0 Å². The van der Waals surface area contributed by atoms with Crippen LogP contribution in [0.1, 0.15) is 23.9 Å². The molecule has 1 aromatic carbocycles. The molecule has 1 amide bonds. The number of amides is 1. The molecule has 8 heteroatoms. The van der Waals surface area contributed by atoms with E-state index in [1.165, 1.54) is 0 Å². The van der Waals surface area contributed by atoms with Crippen molar-refractivity contribution < 1.29 is 18.3 Å². The van der Waals surface area contributed by atoms with E-state index < -0.39 is 23.4 Å². The van der Waals surface area contributed by atoms with Gasteiger partial charge in [0.1, 0.15) is 5.75 Å². The van der Waals surface area contributed by atoms with E-state index in [1.807, 2.05) is 19.1 Å². The number of rotatable bonds is 5. The number of anilines is 1. The molecule has 0 aliphatic carbocycles.